The molecule has 0 spiro atoms. The first-order valence-electron chi connectivity index (χ1n) is 5.53. The van der Waals surface area contributed by atoms with Crippen molar-refractivity contribution >= 4 is 17.5 Å². The maximum atomic E-state index is 11.6. The molecule has 0 fully saturated rings. The van der Waals surface area contributed by atoms with Gasteiger partial charge in [-0.15, -0.1) is 11.8 Å². The summed E-state index contributed by atoms with van der Waals surface area (Å²) < 4.78 is 0. The van der Waals surface area contributed by atoms with Crippen molar-refractivity contribution in [3.8, 4) is 0 Å². The number of rotatable bonds is 2. The summed E-state index contributed by atoms with van der Waals surface area (Å²) >= 11 is 1.93. The van der Waals surface area contributed by atoms with Crippen LogP contribution in [0.2, 0.25) is 0 Å². The van der Waals surface area contributed by atoms with Crippen LogP contribution in [0.25, 0.3) is 0 Å². The minimum Gasteiger partial charge on any atom is -0.294 e. The predicted molar refractivity (Wildman–Crippen MR) is 64.7 cm³/mol. The highest BCUT2D eigenvalue weighted by atomic mass is 32.2. The highest BCUT2D eigenvalue weighted by Crippen LogP contribution is 2.35. The van der Waals surface area contributed by atoms with E-state index in [9.17, 15) is 4.79 Å². The third-order valence-electron chi connectivity index (χ3n) is 2.85. The number of carbonyl (C=O) groups is 1. The molecule has 2 heteroatoms. The van der Waals surface area contributed by atoms with Gasteiger partial charge >= 0.3 is 0 Å². The van der Waals surface area contributed by atoms with Crippen molar-refractivity contribution in [3.05, 3.63) is 29.3 Å². The molecule has 0 bridgehead atoms. The largest absolute Gasteiger partial charge is 0.294 e. The summed E-state index contributed by atoms with van der Waals surface area (Å²) in [5.74, 6) is 0.251. The fourth-order valence-corrected chi connectivity index (χ4v) is 3.03. The third-order valence-corrected chi connectivity index (χ3v) is 4.14. The normalized spacial score (nSPS) is 19.7. The molecule has 0 aliphatic carbocycles. The zero-order valence-corrected chi connectivity index (χ0v) is 10.1. The molecule has 1 nitrogen and oxygen atoms in total. The summed E-state index contributed by atoms with van der Waals surface area (Å²) in [5.41, 5.74) is 2.24. The molecule has 1 aromatic carbocycles. The van der Waals surface area contributed by atoms with Gasteiger partial charge in [0, 0.05) is 22.1 Å². The molecule has 2 rings (SSSR count). The summed E-state index contributed by atoms with van der Waals surface area (Å²) in [4.78, 5) is 12.9. The van der Waals surface area contributed by atoms with Gasteiger partial charge in [0.25, 0.3) is 0 Å². The van der Waals surface area contributed by atoms with Gasteiger partial charge in [-0.25, -0.2) is 0 Å². The molecule has 80 valence electrons. The number of benzene rings is 1. The maximum absolute atomic E-state index is 11.6. The van der Waals surface area contributed by atoms with E-state index in [-0.39, 0.29) is 5.78 Å². The molecule has 1 unspecified atom stereocenters. The lowest BCUT2D eigenvalue weighted by atomic mass is 10.0. The van der Waals surface area contributed by atoms with Gasteiger partial charge in [-0.1, -0.05) is 19.9 Å². The Balaban J connectivity index is 2.30. The Kier molecular flexibility index (Phi) is 3.15. The van der Waals surface area contributed by atoms with Gasteiger partial charge in [-0.05, 0) is 30.5 Å². The number of fused-ring (bicyclic) bond motifs is 1. The Morgan fingerprint density at radius 3 is 3.07 bits per heavy atom. The number of aryl methyl sites for hydroxylation is 1. The van der Waals surface area contributed by atoms with Crippen LogP contribution in [0.5, 0.6) is 0 Å². The first-order chi connectivity index (χ1) is 7.20. The highest BCUT2D eigenvalue weighted by Gasteiger charge is 2.16. The fraction of sp³-hybridized carbons (Fsp3) is 0.462. The highest BCUT2D eigenvalue weighted by molar-refractivity contribution is 8.00. The summed E-state index contributed by atoms with van der Waals surface area (Å²) in [6.45, 7) is 4.18. The van der Waals surface area contributed by atoms with Crippen molar-refractivity contribution in [3.63, 3.8) is 0 Å². The van der Waals surface area contributed by atoms with E-state index in [4.69, 9.17) is 0 Å². The lowest BCUT2D eigenvalue weighted by Gasteiger charge is -2.21. The van der Waals surface area contributed by atoms with E-state index in [0.717, 1.165) is 12.0 Å². The SMILES string of the molecule is CCC(=O)c1ccc2c(c1)CCC(C)S2. The lowest BCUT2D eigenvalue weighted by molar-refractivity contribution is 0.0988. The van der Waals surface area contributed by atoms with Crippen LogP contribution < -0.4 is 0 Å². The zero-order chi connectivity index (χ0) is 10.8. The van der Waals surface area contributed by atoms with E-state index in [1.165, 1.54) is 16.9 Å². The van der Waals surface area contributed by atoms with Crippen molar-refractivity contribution in [2.45, 2.75) is 43.3 Å². The second kappa shape index (κ2) is 4.40. The van der Waals surface area contributed by atoms with Gasteiger partial charge in [-0.3, -0.25) is 4.79 Å². The topological polar surface area (TPSA) is 17.1 Å². The Morgan fingerprint density at radius 1 is 1.53 bits per heavy atom. The third kappa shape index (κ3) is 2.25. The predicted octanol–water partition coefficient (Wildman–Crippen LogP) is 3.71. The lowest BCUT2D eigenvalue weighted by Crippen LogP contribution is -2.08. The summed E-state index contributed by atoms with van der Waals surface area (Å²) in [7, 11) is 0. The molecular weight excluding hydrogens is 204 g/mol. The van der Waals surface area contributed by atoms with Gasteiger partial charge in [0.1, 0.15) is 0 Å². The Labute approximate surface area is 95.3 Å². The number of hydrogen-bond donors (Lipinski definition) is 0. The second-order valence-electron chi connectivity index (χ2n) is 4.07. The van der Waals surface area contributed by atoms with Crippen LogP contribution in [-0.2, 0) is 6.42 Å². The first kappa shape index (κ1) is 10.7. The molecular formula is C13H16OS. The van der Waals surface area contributed by atoms with E-state index in [2.05, 4.69) is 19.1 Å². The monoisotopic (exact) mass is 220 g/mol. The Morgan fingerprint density at radius 2 is 2.33 bits per heavy atom. The average Bonchev–Trinajstić information content (AvgIpc) is 2.27. The van der Waals surface area contributed by atoms with Gasteiger partial charge in [0.15, 0.2) is 5.78 Å². The number of thioether (sulfide) groups is 1. The van der Waals surface area contributed by atoms with Crippen molar-refractivity contribution in [2.75, 3.05) is 0 Å². The molecule has 0 saturated heterocycles. The van der Waals surface area contributed by atoms with Crippen molar-refractivity contribution in [2.24, 2.45) is 0 Å². The van der Waals surface area contributed by atoms with Crippen LogP contribution in [0.1, 0.15) is 42.6 Å². The number of carbonyl (C=O) groups excluding carboxylic acids is 1. The summed E-state index contributed by atoms with van der Waals surface area (Å²) in [6, 6.07) is 6.16. The fourth-order valence-electron chi connectivity index (χ4n) is 1.90. The Hall–Kier alpha value is -0.760. The first-order valence-corrected chi connectivity index (χ1v) is 6.41. The summed E-state index contributed by atoms with van der Waals surface area (Å²) in [5, 5.41) is 0.713. The second-order valence-corrected chi connectivity index (χ2v) is 5.55. The minimum absolute atomic E-state index is 0.251. The van der Waals surface area contributed by atoms with Gasteiger partial charge in [0.05, 0.1) is 0 Å². The summed E-state index contributed by atoms with van der Waals surface area (Å²) in [6.07, 6.45) is 2.94. The molecule has 1 heterocycles. The van der Waals surface area contributed by atoms with Gasteiger partial charge in [0.2, 0.25) is 0 Å². The number of hydrogen-bond acceptors (Lipinski definition) is 2. The minimum atomic E-state index is 0.251. The van der Waals surface area contributed by atoms with E-state index < -0.39 is 0 Å². The number of ketones is 1. The van der Waals surface area contributed by atoms with Crippen LogP contribution in [0.4, 0.5) is 0 Å². The van der Waals surface area contributed by atoms with Crippen LogP contribution in [-0.4, -0.2) is 11.0 Å². The molecule has 0 amide bonds. The number of Topliss-reactive ketones (excluding diaryl/α,β-unsaturated/α-hetero) is 1. The molecule has 1 atom stereocenters. The van der Waals surface area contributed by atoms with Gasteiger partial charge in [-0.2, -0.15) is 0 Å². The smallest absolute Gasteiger partial charge is 0.162 e. The molecule has 1 aliphatic rings. The van der Waals surface area contributed by atoms with E-state index >= 15 is 0 Å². The molecule has 0 aromatic heterocycles. The average molecular weight is 220 g/mol. The van der Waals surface area contributed by atoms with E-state index in [1.807, 2.05) is 24.8 Å². The molecule has 1 aromatic rings. The van der Waals surface area contributed by atoms with Crippen molar-refractivity contribution in [1.82, 2.24) is 0 Å². The molecule has 15 heavy (non-hydrogen) atoms. The molecule has 0 N–H and O–H groups in total. The standard InChI is InChI=1S/C13H16OS/c1-3-12(14)10-6-7-13-11(8-10)5-4-9(2)15-13/h6-9H,3-5H2,1-2H3. The van der Waals surface area contributed by atoms with E-state index in [0.29, 0.717) is 11.7 Å². The molecule has 1 aliphatic heterocycles. The zero-order valence-electron chi connectivity index (χ0n) is 9.25. The molecule has 0 radical (unpaired) electrons. The van der Waals surface area contributed by atoms with E-state index in [1.54, 1.807) is 0 Å². The van der Waals surface area contributed by atoms with Crippen LogP contribution in [0.15, 0.2) is 23.1 Å². The molecule has 0 saturated carbocycles. The van der Waals surface area contributed by atoms with Gasteiger partial charge < -0.3 is 0 Å². The quantitative estimate of drug-likeness (QED) is 0.707. The Bertz CT molecular complexity index is 384. The van der Waals surface area contributed by atoms with Crippen molar-refractivity contribution < 1.29 is 4.79 Å². The van der Waals surface area contributed by atoms with Crippen LogP contribution >= 0.6 is 11.8 Å². The van der Waals surface area contributed by atoms with Crippen LogP contribution in [0, 0.1) is 0 Å². The maximum Gasteiger partial charge on any atom is 0.162 e. The van der Waals surface area contributed by atoms with Crippen LogP contribution in [0.3, 0.4) is 0 Å². The van der Waals surface area contributed by atoms with Crippen molar-refractivity contribution in [1.29, 1.82) is 0 Å².